The van der Waals surface area contributed by atoms with Crippen LogP contribution in [0.1, 0.15) is 31.9 Å². The van der Waals surface area contributed by atoms with E-state index < -0.39 is 11.6 Å². The van der Waals surface area contributed by atoms with Crippen molar-refractivity contribution in [1.82, 2.24) is 9.80 Å². The molecule has 3 rings (SSSR count). The molecule has 0 spiro atoms. The molecule has 2 fully saturated rings. The van der Waals surface area contributed by atoms with Gasteiger partial charge in [-0.25, -0.2) is 4.79 Å². The minimum atomic E-state index is -0.904. The average Bonchev–Trinajstić information content (AvgIpc) is 2.95. The second-order valence-electron chi connectivity index (χ2n) is 6.82. The van der Waals surface area contributed by atoms with Crippen LogP contribution in [0.3, 0.4) is 0 Å². The minimum Gasteiger partial charge on any atom is -0.447 e. The standard InChI is InChI=1S/C18H21N3O3/c1-13(2)10-18(12-20(9-8-19)16(18)22)21-15(11-24-17(21)23)14-6-4-3-5-7-14/h3-7,13,15H,9-12H2,1-2H3/t15-,18-/m1/s1. The number of hydrogen-bond acceptors (Lipinski definition) is 4. The van der Waals surface area contributed by atoms with E-state index in [9.17, 15) is 9.59 Å². The number of carbonyl (C=O) groups excluding carboxylic acids is 2. The van der Waals surface area contributed by atoms with Crippen LogP contribution in [-0.2, 0) is 9.53 Å². The molecule has 2 aliphatic heterocycles. The van der Waals surface area contributed by atoms with Crippen molar-refractivity contribution < 1.29 is 14.3 Å². The van der Waals surface area contributed by atoms with Crippen molar-refractivity contribution in [2.24, 2.45) is 5.92 Å². The summed E-state index contributed by atoms with van der Waals surface area (Å²) in [6.07, 6.45) is 0.112. The van der Waals surface area contributed by atoms with Gasteiger partial charge in [-0.1, -0.05) is 44.2 Å². The van der Waals surface area contributed by atoms with E-state index >= 15 is 0 Å². The summed E-state index contributed by atoms with van der Waals surface area (Å²) in [4.78, 5) is 28.4. The van der Waals surface area contributed by atoms with Gasteiger partial charge in [0, 0.05) is 0 Å². The summed E-state index contributed by atoms with van der Waals surface area (Å²) in [5, 5.41) is 8.87. The molecule has 2 amide bonds. The average molecular weight is 327 g/mol. The molecule has 2 atom stereocenters. The quantitative estimate of drug-likeness (QED) is 0.614. The summed E-state index contributed by atoms with van der Waals surface area (Å²) in [7, 11) is 0. The predicted molar refractivity (Wildman–Crippen MR) is 86.7 cm³/mol. The van der Waals surface area contributed by atoms with Gasteiger partial charge in [0.2, 0.25) is 0 Å². The molecule has 0 aromatic heterocycles. The Labute approximate surface area is 141 Å². The topological polar surface area (TPSA) is 73.6 Å². The number of amides is 2. The van der Waals surface area contributed by atoms with Crippen LogP contribution >= 0.6 is 0 Å². The van der Waals surface area contributed by atoms with E-state index in [0.717, 1.165) is 5.56 Å². The van der Waals surface area contributed by atoms with Gasteiger partial charge in [-0.2, -0.15) is 5.26 Å². The fraction of sp³-hybridized carbons (Fsp3) is 0.500. The summed E-state index contributed by atoms with van der Waals surface area (Å²) < 4.78 is 5.29. The van der Waals surface area contributed by atoms with E-state index in [1.165, 1.54) is 4.90 Å². The number of hydrogen-bond donors (Lipinski definition) is 0. The number of likely N-dealkylation sites (tertiary alicyclic amines) is 1. The second kappa shape index (κ2) is 6.16. The molecule has 0 saturated carbocycles. The monoisotopic (exact) mass is 327 g/mol. The van der Waals surface area contributed by atoms with Gasteiger partial charge in [0.25, 0.3) is 5.91 Å². The second-order valence-corrected chi connectivity index (χ2v) is 6.82. The number of β-lactam (4-membered cyclic amide) rings is 1. The molecular formula is C18H21N3O3. The Kier molecular flexibility index (Phi) is 4.18. The number of rotatable bonds is 5. The van der Waals surface area contributed by atoms with Crippen molar-refractivity contribution in [3.05, 3.63) is 35.9 Å². The molecular weight excluding hydrogens is 306 g/mol. The number of ether oxygens (including phenoxy) is 1. The zero-order chi connectivity index (χ0) is 17.3. The lowest BCUT2D eigenvalue weighted by Gasteiger charge is -2.53. The van der Waals surface area contributed by atoms with E-state index in [-0.39, 0.29) is 31.0 Å². The first-order valence-electron chi connectivity index (χ1n) is 8.17. The lowest BCUT2D eigenvalue weighted by Crippen LogP contribution is -2.74. The largest absolute Gasteiger partial charge is 0.447 e. The highest BCUT2D eigenvalue weighted by molar-refractivity contribution is 5.96. The summed E-state index contributed by atoms with van der Waals surface area (Å²) in [6, 6.07) is 11.4. The third-order valence-electron chi connectivity index (χ3n) is 4.66. The summed E-state index contributed by atoms with van der Waals surface area (Å²) >= 11 is 0. The molecule has 1 aromatic rings. The molecule has 0 bridgehead atoms. The third kappa shape index (κ3) is 2.50. The first kappa shape index (κ1) is 16.3. The molecule has 0 unspecified atom stereocenters. The molecule has 6 heteroatoms. The van der Waals surface area contributed by atoms with E-state index in [2.05, 4.69) is 0 Å². The molecule has 126 valence electrons. The Hall–Kier alpha value is -2.55. The predicted octanol–water partition coefficient (Wildman–Crippen LogP) is 2.33. The van der Waals surface area contributed by atoms with E-state index in [4.69, 9.17) is 10.00 Å². The van der Waals surface area contributed by atoms with Gasteiger partial charge in [0.1, 0.15) is 18.7 Å². The summed E-state index contributed by atoms with van der Waals surface area (Å²) in [6.45, 7) is 4.74. The van der Waals surface area contributed by atoms with E-state index in [1.807, 2.05) is 50.2 Å². The number of nitrogens with zero attached hydrogens (tertiary/aromatic N) is 3. The zero-order valence-electron chi connectivity index (χ0n) is 13.9. The van der Waals surface area contributed by atoms with Gasteiger partial charge in [-0.3, -0.25) is 9.69 Å². The van der Waals surface area contributed by atoms with Crippen molar-refractivity contribution in [1.29, 1.82) is 5.26 Å². The Balaban J connectivity index is 1.96. The van der Waals surface area contributed by atoms with Gasteiger partial charge >= 0.3 is 6.09 Å². The van der Waals surface area contributed by atoms with Gasteiger partial charge in [-0.05, 0) is 17.9 Å². The Bertz CT molecular complexity index is 682. The third-order valence-corrected chi connectivity index (χ3v) is 4.66. The molecule has 2 heterocycles. The molecule has 0 N–H and O–H groups in total. The minimum absolute atomic E-state index is 0.0531. The number of benzene rings is 1. The van der Waals surface area contributed by atoms with Crippen molar-refractivity contribution in [3.8, 4) is 6.07 Å². The molecule has 2 saturated heterocycles. The Morgan fingerprint density at radius 1 is 1.33 bits per heavy atom. The summed E-state index contributed by atoms with van der Waals surface area (Å²) in [5.74, 6) is 0.0838. The number of cyclic esters (lactones) is 1. The Morgan fingerprint density at radius 2 is 2.04 bits per heavy atom. The summed E-state index contributed by atoms with van der Waals surface area (Å²) in [5.41, 5.74) is 0.0528. The lowest BCUT2D eigenvalue weighted by atomic mass is 9.78. The lowest BCUT2D eigenvalue weighted by molar-refractivity contribution is -0.163. The van der Waals surface area contributed by atoms with Crippen LogP contribution in [0, 0.1) is 17.2 Å². The van der Waals surface area contributed by atoms with Gasteiger partial charge in [0.15, 0.2) is 0 Å². The Morgan fingerprint density at radius 3 is 2.62 bits per heavy atom. The van der Waals surface area contributed by atoms with Crippen LogP contribution in [0.25, 0.3) is 0 Å². The SMILES string of the molecule is CC(C)C[C@@]1(N2C(=O)OC[C@@H]2c2ccccc2)CN(CC#N)C1=O. The maximum absolute atomic E-state index is 12.8. The van der Waals surface area contributed by atoms with Crippen molar-refractivity contribution >= 4 is 12.0 Å². The fourth-order valence-corrected chi connectivity index (χ4v) is 3.79. The van der Waals surface area contributed by atoms with E-state index in [0.29, 0.717) is 13.0 Å². The highest BCUT2D eigenvalue weighted by Crippen LogP contribution is 2.43. The first-order valence-corrected chi connectivity index (χ1v) is 8.17. The van der Waals surface area contributed by atoms with Crippen LogP contribution in [0.15, 0.2) is 30.3 Å². The van der Waals surface area contributed by atoms with Crippen molar-refractivity contribution in [3.63, 3.8) is 0 Å². The smallest absolute Gasteiger partial charge is 0.411 e. The van der Waals surface area contributed by atoms with Crippen LogP contribution in [-0.4, -0.2) is 47.0 Å². The van der Waals surface area contributed by atoms with Gasteiger partial charge < -0.3 is 9.64 Å². The highest BCUT2D eigenvalue weighted by atomic mass is 16.6. The van der Waals surface area contributed by atoms with Crippen LogP contribution in [0.5, 0.6) is 0 Å². The molecule has 1 aromatic carbocycles. The number of carbonyl (C=O) groups is 2. The molecule has 24 heavy (non-hydrogen) atoms. The van der Waals surface area contributed by atoms with Gasteiger partial charge in [-0.15, -0.1) is 0 Å². The first-order chi connectivity index (χ1) is 11.5. The molecule has 6 nitrogen and oxygen atoms in total. The molecule has 0 radical (unpaired) electrons. The molecule has 2 aliphatic rings. The van der Waals surface area contributed by atoms with E-state index in [1.54, 1.807) is 4.90 Å². The number of nitriles is 1. The zero-order valence-corrected chi connectivity index (χ0v) is 13.9. The molecule has 0 aliphatic carbocycles. The maximum atomic E-state index is 12.8. The van der Waals surface area contributed by atoms with Gasteiger partial charge in [0.05, 0.1) is 18.7 Å². The van der Waals surface area contributed by atoms with Crippen LogP contribution in [0.4, 0.5) is 4.79 Å². The van der Waals surface area contributed by atoms with Crippen LogP contribution < -0.4 is 0 Å². The maximum Gasteiger partial charge on any atom is 0.411 e. The van der Waals surface area contributed by atoms with Crippen molar-refractivity contribution in [2.75, 3.05) is 19.7 Å². The highest BCUT2D eigenvalue weighted by Gasteiger charge is 2.61. The normalized spacial score (nSPS) is 26.3. The van der Waals surface area contributed by atoms with Crippen molar-refractivity contribution in [2.45, 2.75) is 31.8 Å². The fourth-order valence-electron chi connectivity index (χ4n) is 3.79. The van der Waals surface area contributed by atoms with Crippen LogP contribution in [0.2, 0.25) is 0 Å².